The molecule has 0 atom stereocenters. The summed E-state index contributed by atoms with van der Waals surface area (Å²) in [7, 11) is -3.24. The predicted octanol–water partition coefficient (Wildman–Crippen LogP) is 4.14. The molecular weight excluding hydrogens is 296 g/mol. The van der Waals surface area contributed by atoms with E-state index in [2.05, 4.69) is 23.0 Å². The summed E-state index contributed by atoms with van der Waals surface area (Å²) in [5.41, 5.74) is 3.83. The lowest BCUT2D eigenvalue weighted by atomic mass is 10.1. The zero-order valence-corrected chi connectivity index (χ0v) is 13.8. The molecule has 0 aromatic heterocycles. The van der Waals surface area contributed by atoms with E-state index in [1.54, 1.807) is 12.1 Å². The number of aryl methyl sites for hydroxylation is 1. The van der Waals surface area contributed by atoms with Gasteiger partial charge in [-0.2, -0.15) is 0 Å². The average Bonchev–Trinajstić information content (AvgIpc) is 2.49. The van der Waals surface area contributed by atoms with Gasteiger partial charge in [0, 0.05) is 17.1 Å². The van der Waals surface area contributed by atoms with E-state index in [0.29, 0.717) is 12.1 Å². The smallest absolute Gasteiger partial charge is 0.232 e. The van der Waals surface area contributed by atoms with Crippen LogP contribution in [0.5, 0.6) is 0 Å². The molecule has 0 aliphatic heterocycles. The fraction of sp³-hybridized carbons (Fsp3) is 0.294. The highest BCUT2D eigenvalue weighted by molar-refractivity contribution is 7.92. The number of sulfonamides is 1. The molecule has 4 nitrogen and oxygen atoms in total. The molecule has 0 heterocycles. The summed E-state index contributed by atoms with van der Waals surface area (Å²) in [6.45, 7) is 3.96. The van der Waals surface area contributed by atoms with E-state index in [-0.39, 0.29) is 5.75 Å². The van der Waals surface area contributed by atoms with Gasteiger partial charge in [0.25, 0.3) is 0 Å². The van der Waals surface area contributed by atoms with Crippen molar-refractivity contribution in [3.05, 3.63) is 54.1 Å². The van der Waals surface area contributed by atoms with Crippen LogP contribution in [-0.4, -0.2) is 14.2 Å². The van der Waals surface area contributed by atoms with Gasteiger partial charge in [0.1, 0.15) is 0 Å². The zero-order chi connectivity index (χ0) is 16.0. The lowest BCUT2D eigenvalue weighted by Crippen LogP contribution is -2.15. The third-order valence-corrected chi connectivity index (χ3v) is 4.80. The molecule has 0 unspecified atom stereocenters. The summed E-state index contributed by atoms with van der Waals surface area (Å²) in [6.07, 6.45) is 1.56. The Labute approximate surface area is 132 Å². The van der Waals surface area contributed by atoms with Gasteiger partial charge >= 0.3 is 0 Å². The Kier molecular flexibility index (Phi) is 5.44. The molecule has 0 amide bonds. The third-order valence-electron chi connectivity index (χ3n) is 3.31. The van der Waals surface area contributed by atoms with Gasteiger partial charge in [-0.25, -0.2) is 8.42 Å². The summed E-state index contributed by atoms with van der Waals surface area (Å²) in [6, 6.07) is 15.4. The maximum atomic E-state index is 11.7. The quantitative estimate of drug-likeness (QED) is 0.806. The summed E-state index contributed by atoms with van der Waals surface area (Å²) >= 11 is 0. The van der Waals surface area contributed by atoms with Crippen LogP contribution in [-0.2, 0) is 16.4 Å². The van der Waals surface area contributed by atoms with Crippen LogP contribution in [0.25, 0.3) is 0 Å². The SMILES string of the molecule is CCCS(=O)(=O)Nc1ccc(Nc2ccccc2CC)cc1. The van der Waals surface area contributed by atoms with Crippen LogP contribution in [0, 0.1) is 0 Å². The number of rotatable bonds is 7. The molecule has 0 saturated heterocycles. The van der Waals surface area contributed by atoms with Gasteiger partial charge in [-0.15, -0.1) is 0 Å². The van der Waals surface area contributed by atoms with E-state index in [1.807, 2.05) is 37.3 Å². The van der Waals surface area contributed by atoms with Crippen molar-refractivity contribution in [3.8, 4) is 0 Å². The van der Waals surface area contributed by atoms with E-state index in [9.17, 15) is 8.42 Å². The molecule has 22 heavy (non-hydrogen) atoms. The monoisotopic (exact) mass is 318 g/mol. The van der Waals surface area contributed by atoms with Crippen LogP contribution in [0.1, 0.15) is 25.8 Å². The molecule has 2 aromatic carbocycles. The van der Waals surface area contributed by atoms with Gasteiger partial charge in [0.05, 0.1) is 5.75 Å². The van der Waals surface area contributed by atoms with Gasteiger partial charge in [0.2, 0.25) is 10.0 Å². The average molecular weight is 318 g/mol. The lowest BCUT2D eigenvalue weighted by Gasteiger charge is -2.12. The zero-order valence-electron chi connectivity index (χ0n) is 13.0. The van der Waals surface area contributed by atoms with Crippen molar-refractivity contribution >= 4 is 27.1 Å². The lowest BCUT2D eigenvalue weighted by molar-refractivity contribution is 0.600. The normalized spacial score (nSPS) is 11.2. The Morgan fingerprint density at radius 2 is 1.55 bits per heavy atom. The minimum atomic E-state index is -3.24. The Morgan fingerprint density at radius 3 is 2.18 bits per heavy atom. The first kappa shape index (κ1) is 16.4. The number of benzene rings is 2. The maximum Gasteiger partial charge on any atom is 0.232 e. The van der Waals surface area contributed by atoms with Crippen molar-refractivity contribution in [2.24, 2.45) is 0 Å². The van der Waals surface area contributed by atoms with Crippen molar-refractivity contribution in [2.45, 2.75) is 26.7 Å². The Morgan fingerprint density at radius 1 is 0.909 bits per heavy atom. The van der Waals surface area contributed by atoms with Gasteiger partial charge in [-0.1, -0.05) is 32.0 Å². The van der Waals surface area contributed by atoms with Crippen molar-refractivity contribution in [3.63, 3.8) is 0 Å². The molecule has 0 aliphatic carbocycles. The summed E-state index contributed by atoms with van der Waals surface area (Å²) in [5.74, 6) is 0.136. The fourth-order valence-electron chi connectivity index (χ4n) is 2.23. The number of hydrogen-bond acceptors (Lipinski definition) is 3. The van der Waals surface area contributed by atoms with Crippen LogP contribution < -0.4 is 10.0 Å². The van der Waals surface area contributed by atoms with Crippen LogP contribution in [0.3, 0.4) is 0 Å². The predicted molar refractivity (Wildman–Crippen MR) is 93.2 cm³/mol. The summed E-state index contributed by atoms with van der Waals surface area (Å²) < 4.78 is 26.0. The van der Waals surface area contributed by atoms with Crippen LogP contribution in [0.2, 0.25) is 0 Å². The molecule has 0 bridgehead atoms. The van der Waals surface area contributed by atoms with Crippen molar-refractivity contribution < 1.29 is 8.42 Å². The summed E-state index contributed by atoms with van der Waals surface area (Å²) in [5, 5.41) is 3.36. The molecule has 2 aromatic rings. The minimum absolute atomic E-state index is 0.136. The Bertz CT molecular complexity index is 710. The molecule has 0 aliphatic rings. The van der Waals surface area contributed by atoms with Crippen molar-refractivity contribution in [1.29, 1.82) is 0 Å². The maximum absolute atomic E-state index is 11.7. The molecular formula is C17H22N2O2S. The third kappa shape index (κ3) is 4.49. The molecule has 118 valence electrons. The van der Waals surface area contributed by atoms with Crippen LogP contribution in [0.4, 0.5) is 17.1 Å². The van der Waals surface area contributed by atoms with Gasteiger partial charge in [-0.05, 0) is 48.7 Å². The molecule has 0 fully saturated rings. The standard InChI is InChI=1S/C17H22N2O2S/c1-3-13-22(20,21)19-16-11-9-15(10-12-16)18-17-8-6-5-7-14(17)4-2/h5-12,18-19H,3-4,13H2,1-2H3. The topological polar surface area (TPSA) is 58.2 Å². The van der Waals surface area contributed by atoms with E-state index >= 15 is 0 Å². The number of hydrogen-bond donors (Lipinski definition) is 2. The first-order valence-corrected chi connectivity index (χ1v) is 9.14. The van der Waals surface area contributed by atoms with E-state index in [1.165, 1.54) is 5.56 Å². The molecule has 2 rings (SSSR count). The van der Waals surface area contributed by atoms with Crippen molar-refractivity contribution in [2.75, 3.05) is 15.8 Å². The van der Waals surface area contributed by atoms with Crippen LogP contribution >= 0.6 is 0 Å². The van der Waals surface area contributed by atoms with E-state index in [4.69, 9.17) is 0 Å². The Balaban J connectivity index is 2.09. The first-order chi connectivity index (χ1) is 10.5. The first-order valence-electron chi connectivity index (χ1n) is 7.49. The minimum Gasteiger partial charge on any atom is -0.355 e. The number of anilines is 3. The molecule has 0 spiro atoms. The molecule has 2 N–H and O–H groups in total. The highest BCUT2D eigenvalue weighted by Crippen LogP contribution is 2.22. The van der Waals surface area contributed by atoms with Crippen molar-refractivity contribution in [1.82, 2.24) is 0 Å². The summed E-state index contributed by atoms with van der Waals surface area (Å²) in [4.78, 5) is 0. The second-order valence-corrected chi connectivity index (χ2v) is 6.98. The molecule has 0 radical (unpaired) electrons. The highest BCUT2D eigenvalue weighted by Gasteiger charge is 2.08. The highest BCUT2D eigenvalue weighted by atomic mass is 32.2. The number of para-hydroxylation sites is 1. The largest absolute Gasteiger partial charge is 0.355 e. The van der Waals surface area contributed by atoms with E-state index in [0.717, 1.165) is 17.8 Å². The molecule has 5 heteroatoms. The van der Waals surface area contributed by atoms with Crippen LogP contribution in [0.15, 0.2) is 48.5 Å². The van der Waals surface area contributed by atoms with E-state index < -0.39 is 10.0 Å². The van der Waals surface area contributed by atoms with Gasteiger partial charge in [-0.3, -0.25) is 4.72 Å². The second kappa shape index (κ2) is 7.31. The van der Waals surface area contributed by atoms with Gasteiger partial charge in [0.15, 0.2) is 0 Å². The fourth-order valence-corrected chi connectivity index (χ4v) is 3.36. The Hall–Kier alpha value is -2.01. The van der Waals surface area contributed by atoms with Gasteiger partial charge < -0.3 is 5.32 Å². The number of nitrogens with one attached hydrogen (secondary N) is 2. The second-order valence-electron chi connectivity index (χ2n) is 5.13. The molecule has 0 saturated carbocycles.